The molecule has 0 aliphatic rings. The molecule has 0 saturated carbocycles. The largest absolute Gasteiger partial charge is 0.361 e. The minimum atomic E-state index is -0.192. The van der Waals surface area contributed by atoms with Crippen LogP contribution < -0.4 is 5.56 Å². The van der Waals surface area contributed by atoms with Crippen LogP contribution in [0.15, 0.2) is 94.3 Å². The molecule has 0 fully saturated rings. The number of halogens is 1. The highest BCUT2D eigenvalue weighted by Gasteiger charge is 2.27. The molecule has 1 atom stereocenters. The summed E-state index contributed by atoms with van der Waals surface area (Å²) in [7, 11) is 0. The van der Waals surface area contributed by atoms with Crippen LogP contribution in [0.1, 0.15) is 28.3 Å². The lowest BCUT2D eigenvalue weighted by Crippen LogP contribution is -2.20. The van der Waals surface area contributed by atoms with Crippen molar-refractivity contribution < 1.29 is 0 Å². The van der Waals surface area contributed by atoms with Crippen molar-refractivity contribution in [2.45, 2.75) is 12.8 Å². The fourth-order valence-corrected chi connectivity index (χ4v) is 4.41. The van der Waals surface area contributed by atoms with Crippen LogP contribution in [0.5, 0.6) is 0 Å². The van der Waals surface area contributed by atoms with Crippen molar-refractivity contribution in [3.63, 3.8) is 0 Å². The van der Waals surface area contributed by atoms with Crippen molar-refractivity contribution in [3.05, 3.63) is 122 Å². The van der Waals surface area contributed by atoms with Gasteiger partial charge in [0.05, 0.1) is 11.3 Å². The zero-order chi connectivity index (χ0) is 20.7. The van der Waals surface area contributed by atoms with Gasteiger partial charge in [0.25, 0.3) is 5.56 Å². The molecular formula is C25H20BrN3O. The molecule has 5 heteroatoms. The maximum Gasteiger partial charge on any atom is 0.275 e. The number of aromatic nitrogens is 3. The molecule has 0 spiro atoms. The van der Waals surface area contributed by atoms with Gasteiger partial charge in [-0.2, -0.15) is 0 Å². The van der Waals surface area contributed by atoms with Crippen molar-refractivity contribution in [3.8, 4) is 5.69 Å². The Morgan fingerprint density at radius 3 is 2.37 bits per heavy atom. The first-order valence-corrected chi connectivity index (χ1v) is 10.6. The second-order valence-electron chi connectivity index (χ2n) is 7.40. The third-order valence-corrected chi connectivity index (χ3v) is 6.08. The Hall–Kier alpha value is -3.31. The average molecular weight is 458 g/mol. The molecule has 0 saturated heterocycles. The number of aryl methyl sites for hydroxylation is 1. The quantitative estimate of drug-likeness (QED) is 0.346. The molecule has 0 amide bonds. The summed E-state index contributed by atoms with van der Waals surface area (Å²) >= 11 is 3.52. The van der Waals surface area contributed by atoms with E-state index in [0.29, 0.717) is 0 Å². The fraction of sp³-hybridized carbons (Fsp3) is 0.0800. The zero-order valence-electron chi connectivity index (χ0n) is 16.4. The lowest BCUT2D eigenvalue weighted by Gasteiger charge is -2.16. The second-order valence-corrected chi connectivity index (χ2v) is 8.32. The van der Waals surface area contributed by atoms with Crippen LogP contribution in [0, 0.1) is 6.92 Å². The summed E-state index contributed by atoms with van der Waals surface area (Å²) in [6.45, 7) is 1.97. The first kappa shape index (κ1) is 18.7. The highest BCUT2D eigenvalue weighted by Crippen LogP contribution is 2.36. The average Bonchev–Trinajstić information content (AvgIpc) is 3.32. The van der Waals surface area contributed by atoms with E-state index in [4.69, 9.17) is 0 Å². The molecule has 1 unspecified atom stereocenters. The van der Waals surface area contributed by atoms with Crippen LogP contribution >= 0.6 is 15.9 Å². The number of rotatable bonds is 4. The Kier molecular flexibility index (Phi) is 4.68. The number of nitrogens with zero attached hydrogens (tertiary/aromatic N) is 1. The standard InChI is InChI=1S/C25H20BrN3O/c1-16-23(25(30)29(28-16)19-7-3-2-4-8-19)24(17-11-13-18(26)14-12-17)21-15-27-22-10-6-5-9-20(21)22/h2-15,24,27-28H,1H3. The Balaban J connectivity index is 1.77. The lowest BCUT2D eigenvalue weighted by atomic mass is 9.85. The summed E-state index contributed by atoms with van der Waals surface area (Å²) in [5.74, 6) is -0.192. The van der Waals surface area contributed by atoms with Crippen LogP contribution in [0.4, 0.5) is 0 Å². The number of nitrogens with one attached hydrogen (secondary N) is 2. The van der Waals surface area contributed by atoms with Gasteiger partial charge in [-0.05, 0) is 48.4 Å². The van der Waals surface area contributed by atoms with E-state index in [0.717, 1.165) is 43.4 Å². The Morgan fingerprint density at radius 2 is 1.60 bits per heavy atom. The van der Waals surface area contributed by atoms with E-state index in [9.17, 15) is 4.79 Å². The number of hydrogen-bond donors (Lipinski definition) is 2. The molecule has 5 rings (SSSR count). The van der Waals surface area contributed by atoms with E-state index in [1.54, 1.807) is 4.68 Å². The van der Waals surface area contributed by atoms with E-state index in [-0.39, 0.29) is 11.5 Å². The van der Waals surface area contributed by atoms with Crippen LogP contribution in [-0.2, 0) is 0 Å². The Labute approximate surface area is 182 Å². The summed E-state index contributed by atoms with van der Waals surface area (Å²) in [6.07, 6.45) is 2.02. The molecule has 148 valence electrons. The predicted molar refractivity (Wildman–Crippen MR) is 125 cm³/mol. The summed E-state index contributed by atoms with van der Waals surface area (Å²) in [6, 6.07) is 26.1. The Morgan fingerprint density at radius 1 is 0.900 bits per heavy atom. The number of benzene rings is 3. The van der Waals surface area contributed by atoms with Gasteiger partial charge in [0.2, 0.25) is 0 Å². The van der Waals surface area contributed by atoms with Crippen molar-refractivity contribution in [2.24, 2.45) is 0 Å². The van der Waals surface area contributed by atoms with Gasteiger partial charge in [0, 0.05) is 33.2 Å². The van der Waals surface area contributed by atoms with Gasteiger partial charge in [-0.3, -0.25) is 9.89 Å². The van der Waals surface area contributed by atoms with Gasteiger partial charge in [-0.1, -0.05) is 64.5 Å². The molecule has 4 nitrogen and oxygen atoms in total. The number of fused-ring (bicyclic) bond motifs is 1. The Bertz CT molecular complexity index is 1380. The normalized spacial score (nSPS) is 12.3. The molecule has 0 radical (unpaired) electrons. The first-order valence-electron chi connectivity index (χ1n) is 9.82. The molecule has 2 heterocycles. The molecule has 0 aliphatic heterocycles. The number of aromatic amines is 2. The fourth-order valence-electron chi connectivity index (χ4n) is 4.15. The third kappa shape index (κ3) is 3.12. The molecular weight excluding hydrogens is 438 g/mol. The smallest absolute Gasteiger partial charge is 0.275 e. The first-order chi connectivity index (χ1) is 14.6. The van der Waals surface area contributed by atoms with Crippen LogP contribution in [0.3, 0.4) is 0 Å². The van der Waals surface area contributed by atoms with Crippen molar-refractivity contribution >= 4 is 26.8 Å². The molecule has 3 aromatic carbocycles. The van der Waals surface area contributed by atoms with Gasteiger partial charge in [-0.15, -0.1) is 0 Å². The van der Waals surface area contributed by atoms with Crippen LogP contribution in [0.25, 0.3) is 16.6 Å². The topological polar surface area (TPSA) is 53.6 Å². The van der Waals surface area contributed by atoms with E-state index in [1.807, 2.05) is 67.7 Å². The van der Waals surface area contributed by atoms with E-state index in [2.05, 4.69) is 50.3 Å². The predicted octanol–water partition coefficient (Wildman–Crippen LogP) is 5.90. The highest BCUT2D eigenvalue weighted by atomic mass is 79.9. The third-order valence-electron chi connectivity index (χ3n) is 5.56. The maximum atomic E-state index is 13.6. The van der Waals surface area contributed by atoms with Gasteiger partial charge in [0.15, 0.2) is 0 Å². The van der Waals surface area contributed by atoms with E-state index < -0.39 is 0 Å². The summed E-state index contributed by atoms with van der Waals surface area (Å²) in [4.78, 5) is 17.0. The molecule has 0 bridgehead atoms. The molecule has 2 N–H and O–H groups in total. The second kappa shape index (κ2) is 7.50. The van der Waals surface area contributed by atoms with Crippen LogP contribution in [-0.4, -0.2) is 14.8 Å². The molecule has 2 aromatic heterocycles. The lowest BCUT2D eigenvalue weighted by molar-refractivity contribution is 0.833. The molecule has 5 aromatic rings. The van der Waals surface area contributed by atoms with Crippen LogP contribution in [0.2, 0.25) is 0 Å². The minimum Gasteiger partial charge on any atom is -0.361 e. The zero-order valence-corrected chi connectivity index (χ0v) is 18.0. The van der Waals surface area contributed by atoms with E-state index >= 15 is 0 Å². The number of hydrogen-bond acceptors (Lipinski definition) is 1. The summed E-state index contributed by atoms with van der Waals surface area (Å²) < 4.78 is 2.64. The summed E-state index contributed by atoms with van der Waals surface area (Å²) in [5.41, 5.74) is 5.64. The minimum absolute atomic E-state index is 0.0306. The van der Waals surface area contributed by atoms with Gasteiger partial charge >= 0.3 is 0 Å². The number of H-pyrrole nitrogens is 2. The van der Waals surface area contributed by atoms with Gasteiger partial charge in [0.1, 0.15) is 0 Å². The van der Waals surface area contributed by atoms with Crippen molar-refractivity contribution in [1.29, 1.82) is 0 Å². The SMILES string of the molecule is Cc1[nH]n(-c2ccccc2)c(=O)c1C(c1ccc(Br)cc1)c1c[nH]c2ccccc12. The van der Waals surface area contributed by atoms with Gasteiger partial charge < -0.3 is 4.98 Å². The maximum absolute atomic E-state index is 13.6. The summed E-state index contributed by atoms with van der Waals surface area (Å²) in [5, 5.41) is 4.41. The van der Waals surface area contributed by atoms with E-state index in [1.165, 1.54) is 0 Å². The molecule has 0 aliphatic carbocycles. The van der Waals surface area contributed by atoms with Gasteiger partial charge in [-0.25, -0.2) is 4.68 Å². The van der Waals surface area contributed by atoms with Crippen molar-refractivity contribution in [1.82, 2.24) is 14.8 Å². The highest BCUT2D eigenvalue weighted by molar-refractivity contribution is 9.10. The molecule has 30 heavy (non-hydrogen) atoms. The number of para-hydroxylation sites is 2. The van der Waals surface area contributed by atoms with Crippen molar-refractivity contribution in [2.75, 3.05) is 0 Å². The monoisotopic (exact) mass is 457 g/mol.